The SMILES string of the molecule is CC(O)C(C)NCC1(C)CC1. The van der Waals surface area contributed by atoms with E-state index in [4.69, 9.17) is 0 Å². The van der Waals surface area contributed by atoms with Gasteiger partial charge in [0.1, 0.15) is 0 Å². The van der Waals surface area contributed by atoms with Crippen molar-refractivity contribution in [3.05, 3.63) is 0 Å². The lowest BCUT2D eigenvalue weighted by molar-refractivity contribution is 0.150. The summed E-state index contributed by atoms with van der Waals surface area (Å²) in [5.41, 5.74) is 0.545. The van der Waals surface area contributed by atoms with E-state index in [1.807, 2.05) is 13.8 Å². The molecule has 2 atom stereocenters. The quantitative estimate of drug-likeness (QED) is 0.641. The molecule has 0 aromatic heterocycles. The number of aliphatic hydroxyl groups excluding tert-OH is 1. The van der Waals surface area contributed by atoms with Crippen LogP contribution in [0.25, 0.3) is 0 Å². The van der Waals surface area contributed by atoms with Crippen LogP contribution < -0.4 is 5.32 Å². The Bertz CT molecular complexity index is 130. The van der Waals surface area contributed by atoms with Crippen molar-refractivity contribution in [3.8, 4) is 0 Å². The Morgan fingerprint density at radius 2 is 2.00 bits per heavy atom. The molecule has 1 rings (SSSR count). The molecule has 0 amide bonds. The molecule has 66 valence electrons. The van der Waals surface area contributed by atoms with Gasteiger partial charge in [-0.2, -0.15) is 0 Å². The Morgan fingerprint density at radius 1 is 1.45 bits per heavy atom. The molecule has 0 radical (unpaired) electrons. The molecule has 2 N–H and O–H groups in total. The van der Waals surface area contributed by atoms with Gasteiger partial charge in [-0.3, -0.25) is 0 Å². The van der Waals surface area contributed by atoms with Crippen LogP contribution in [0.3, 0.4) is 0 Å². The van der Waals surface area contributed by atoms with Crippen LogP contribution in [-0.2, 0) is 0 Å². The van der Waals surface area contributed by atoms with E-state index in [1.54, 1.807) is 0 Å². The van der Waals surface area contributed by atoms with Crippen molar-refractivity contribution in [1.82, 2.24) is 5.32 Å². The second-order valence-electron chi connectivity index (χ2n) is 4.22. The van der Waals surface area contributed by atoms with Crippen molar-refractivity contribution in [2.24, 2.45) is 5.41 Å². The minimum absolute atomic E-state index is 0.229. The van der Waals surface area contributed by atoms with Crippen LogP contribution in [0.2, 0.25) is 0 Å². The zero-order valence-corrected chi connectivity index (χ0v) is 7.72. The Hall–Kier alpha value is -0.0800. The van der Waals surface area contributed by atoms with E-state index in [0.29, 0.717) is 5.41 Å². The zero-order chi connectivity index (χ0) is 8.48. The largest absolute Gasteiger partial charge is 0.392 e. The number of hydrogen-bond acceptors (Lipinski definition) is 2. The summed E-state index contributed by atoms with van der Waals surface area (Å²) in [6.07, 6.45) is 2.44. The molecule has 2 nitrogen and oxygen atoms in total. The lowest BCUT2D eigenvalue weighted by Crippen LogP contribution is -2.38. The van der Waals surface area contributed by atoms with Crippen molar-refractivity contribution in [2.45, 2.75) is 45.8 Å². The Balaban J connectivity index is 2.11. The van der Waals surface area contributed by atoms with E-state index in [2.05, 4.69) is 12.2 Å². The van der Waals surface area contributed by atoms with Gasteiger partial charge in [0, 0.05) is 12.6 Å². The van der Waals surface area contributed by atoms with Gasteiger partial charge in [0.25, 0.3) is 0 Å². The summed E-state index contributed by atoms with van der Waals surface area (Å²) in [6, 6.07) is 0.229. The molecule has 1 fully saturated rings. The molecule has 1 aliphatic rings. The predicted molar refractivity (Wildman–Crippen MR) is 46.5 cm³/mol. The first-order valence-electron chi connectivity index (χ1n) is 4.45. The molecule has 1 aliphatic carbocycles. The van der Waals surface area contributed by atoms with Gasteiger partial charge in [0.15, 0.2) is 0 Å². The Labute approximate surface area is 69.0 Å². The smallest absolute Gasteiger partial charge is 0.0662 e. The third-order valence-corrected chi connectivity index (χ3v) is 2.68. The molecule has 0 aromatic carbocycles. The van der Waals surface area contributed by atoms with Crippen molar-refractivity contribution in [3.63, 3.8) is 0 Å². The first-order valence-corrected chi connectivity index (χ1v) is 4.45. The van der Waals surface area contributed by atoms with Gasteiger partial charge in [-0.05, 0) is 32.1 Å². The third-order valence-electron chi connectivity index (χ3n) is 2.68. The molecule has 2 heteroatoms. The molecule has 0 spiro atoms. The lowest BCUT2D eigenvalue weighted by Gasteiger charge is -2.18. The summed E-state index contributed by atoms with van der Waals surface area (Å²) >= 11 is 0. The summed E-state index contributed by atoms with van der Waals surface area (Å²) in [7, 11) is 0. The predicted octanol–water partition coefficient (Wildman–Crippen LogP) is 1.15. The molecular weight excluding hydrogens is 138 g/mol. The van der Waals surface area contributed by atoms with E-state index in [1.165, 1.54) is 12.8 Å². The minimum Gasteiger partial charge on any atom is -0.392 e. The van der Waals surface area contributed by atoms with Gasteiger partial charge in [-0.1, -0.05) is 6.92 Å². The van der Waals surface area contributed by atoms with Gasteiger partial charge in [-0.25, -0.2) is 0 Å². The molecule has 0 bridgehead atoms. The number of nitrogens with one attached hydrogen (secondary N) is 1. The molecule has 0 aromatic rings. The van der Waals surface area contributed by atoms with Crippen LogP contribution in [0.1, 0.15) is 33.6 Å². The number of hydrogen-bond donors (Lipinski definition) is 2. The summed E-state index contributed by atoms with van der Waals surface area (Å²) < 4.78 is 0. The molecule has 0 saturated heterocycles. The van der Waals surface area contributed by atoms with Crippen molar-refractivity contribution in [2.75, 3.05) is 6.54 Å². The lowest BCUT2D eigenvalue weighted by atomic mass is 10.1. The van der Waals surface area contributed by atoms with Crippen LogP contribution >= 0.6 is 0 Å². The third kappa shape index (κ3) is 2.80. The number of aliphatic hydroxyl groups is 1. The molecular formula is C9H19NO. The second-order valence-corrected chi connectivity index (χ2v) is 4.22. The highest BCUT2D eigenvalue weighted by Gasteiger charge is 2.36. The Kier molecular flexibility index (Phi) is 2.55. The maximum atomic E-state index is 9.18. The highest BCUT2D eigenvalue weighted by Crippen LogP contribution is 2.44. The van der Waals surface area contributed by atoms with Gasteiger partial charge in [-0.15, -0.1) is 0 Å². The maximum Gasteiger partial charge on any atom is 0.0662 e. The van der Waals surface area contributed by atoms with Crippen LogP contribution in [0, 0.1) is 5.41 Å². The Morgan fingerprint density at radius 3 is 2.36 bits per heavy atom. The van der Waals surface area contributed by atoms with Gasteiger partial charge in [0.05, 0.1) is 6.10 Å². The van der Waals surface area contributed by atoms with E-state index >= 15 is 0 Å². The molecule has 1 saturated carbocycles. The summed E-state index contributed by atoms with van der Waals surface area (Å²) in [5, 5.41) is 12.5. The normalized spacial score (nSPS) is 26.2. The van der Waals surface area contributed by atoms with E-state index in [0.717, 1.165) is 6.54 Å². The summed E-state index contributed by atoms with van der Waals surface area (Å²) in [6.45, 7) is 7.19. The molecule has 0 aliphatic heterocycles. The zero-order valence-electron chi connectivity index (χ0n) is 7.72. The second kappa shape index (κ2) is 3.11. The first kappa shape index (κ1) is 9.01. The van der Waals surface area contributed by atoms with E-state index < -0.39 is 0 Å². The van der Waals surface area contributed by atoms with Crippen molar-refractivity contribution < 1.29 is 5.11 Å². The monoisotopic (exact) mass is 157 g/mol. The van der Waals surface area contributed by atoms with E-state index in [-0.39, 0.29) is 12.1 Å². The molecule has 2 unspecified atom stereocenters. The van der Waals surface area contributed by atoms with Gasteiger partial charge in [0.2, 0.25) is 0 Å². The van der Waals surface area contributed by atoms with Gasteiger partial charge >= 0.3 is 0 Å². The topological polar surface area (TPSA) is 32.3 Å². The number of rotatable bonds is 4. The van der Waals surface area contributed by atoms with Crippen LogP contribution in [0.15, 0.2) is 0 Å². The highest BCUT2D eigenvalue weighted by molar-refractivity contribution is 4.91. The summed E-state index contributed by atoms with van der Waals surface area (Å²) in [4.78, 5) is 0. The fraction of sp³-hybridized carbons (Fsp3) is 1.00. The molecule has 0 heterocycles. The minimum atomic E-state index is -0.239. The average molecular weight is 157 g/mol. The summed E-state index contributed by atoms with van der Waals surface area (Å²) in [5.74, 6) is 0. The van der Waals surface area contributed by atoms with Crippen LogP contribution in [0.4, 0.5) is 0 Å². The molecule has 11 heavy (non-hydrogen) atoms. The maximum absolute atomic E-state index is 9.18. The standard InChI is InChI=1S/C9H19NO/c1-7(8(2)11)10-6-9(3)4-5-9/h7-8,10-11H,4-6H2,1-3H3. The highest BCUT2D eigenvalue weighted by atomic mass is 16.3. The van der Waals surface area contributed by atoms with Crippen molar-refractivity contribution in [1.29, 1.82) is 0 Å². The van der Waals surface area contributed by atoms with Crippen LogP contribution in [-0.4, -0.2) is 23.8 Å². The average Bonchev–Trinajstić information content (AvgIpc) is 2.64. The van der Waals surface area contributed by atoms with Gasteiger partial charge < -0.3 is 10.4 Å². The van der Waals surface area contributed by atoms with Crippen molar-refractivity contribution >= 4 is 0 Å². The van der Waals surface area contributed by atoms with Crippen LogP contribution in [0.5, 0.6) is 0 Å². The van der Waals surface area contributed by atoms with E-state index in [9.17, 15) is 5.11 Å². The fourth-order valence-corrected chi connectivity index (χ4v) is 0.968. The first-order chi connectivity index (χ1) is 5.03. The fourth-order valence-electron chi connectivity index (χ4n) is 0.968.